The van der Waals surface area contributed by atoms with Crippen LogP contribution in [0.1, 0.15) is 51.9 Å². The zero-order valence-electron chi connectivity index (χ0n) is 11.3. The van der Waals surface area contributed by atoms with Gasteiger partial charge in [0.2, 0.25) is 5.91 Å². The summed E-state index contributed by atoms with van der Waals surface area (Å²) in [6, 6.07) is 0. The van der Waals surface area contributed by atoms with Crippen molar-refractivity contribution in [2.45, 2.75) is 51.9 Å². The molecule has 0 aromatic carbocycles. The molecule has 102 valence electrons. The Bertz CT molecular complexity index is 299. The molecule has 0 aromatic heterocycles. The summed E-state index contributed by atoms with van der Waals surface area (Å²) in [5.74, 6) is 0.454. The molecule has 0 spiro atoms. The number of carbonyl (C=O) groups is 1. The number of azide groups is 1. The molecule has 0 aliphatic carbocycles. The Morgan fingerprint density at radius 2 is 2.06 bits per heavy atom. The van der Waals surface area contributed by atoms with E-state index < -0.39 is 0 Å². The molecule has 0 saturated carbocycles. The minimum absolute atomic E-state index is 0.224. The fourth-order valence-corrected chi connectivity index (χ4v) is 2.43. The topological polar surface area (TPSA) is 69.1 Å². The lowest BCUT2D eigenvalue weighted by atomic mass is 10.1. The lowest BCUT2D eigenvalue weighted by Crippen LogP contribution is -2.26. The van der Waals surface area contributed by atoms with Crippen molar-refractivity contribution < 1.29 is 4.79 Å². The monoisotopic (exact) mass is 252 g/mol. The Morgan fingerprint density at radius 1 is 1.33 bits per heavy atom. The average molecular weight is 252 g/mol. The van der Waals surface area contributed by atoms with Crippen LogP contribution < -0.4 is 0 Å². The van der Waals surface area contributed by atoms with E-state index in [-0.39, 0.29) is 11.8 Å². The Balaban J connectivity index is 2.11. The fraction of sp³-hybridized carbons (Fsp3) is 0.923. The normalized spacial score (nSPS) is 19.1. The Hall–Kier alpha value is -1.22. The van der Waals surface area contributed by atoms with Crippen LogP contribution in [0.4, 0.5) is 0 Å². The summed E-state index contributed by atoms with van der Waals surface area (Å²) in [4.78, 5) is 16.4. The van der Waals surface area contributed by atoms with Gasteiger partial charge in [-0.05, 0) is 17.9 Å². The van der Waals surface area contributed by atoms with Crippen molar-refractivity contribution in [3.05, 3.63) is 10.4 Å². The van der Waals surface area contributed by atoms with Gasteiger partial charge in [-0.3, -0.25) is 4.79 Å². The molecule has 1 heterocycles. The molecule has 1 rings (SSSR count). The highest BCUT2D eigenvalue weighted by atomic mass is 16.2. The summed E-state index contributed by atoms with van der Waals surface area (Å²) in [6.07, 6.45) is 8.04. The molecule has 1 amide bonds. The van der Waals surface area contributed by atoms with Crippen molar-refractivity contribution in [2.75, 3.05) is 19.6 Å². The third kappa shape index (κ3) is 5.41. The first-order valence-electron chi connectivity index (χ1n) is 7.06. The molecule has 5 nitrogen and oxygen atoms in total. The minimum atomic E-state index is 0.224. The number of likely N-dealkylation sites (tertiary alicyclic amines) is 1. The second-order valence-corrected chi connectivity index (χ2v) is 5.09. The van der Waals surface area contributed by atoms with Crippen LogP contribution in [0.3, 0.4) is 0 Å². The van der Waals surface area contributed by atoms with Gasteiger partial charge in [0.05, 0.1) is 0 Å². The van der Waals surface area contributed by atoms with E-state index in [0.717, 1.165) is 19.5 Å². The van der Waals surface area contributed by atoms with Crippen molar-refractivity contribution >= 4 is 5.91 Å². The molecule has 0 radical (unpaired) electrons. The number of rotatable bonds is 9. The van der Waals surface area contributed by atoms with Gasteiger partial charge in [-0.1, -0.05) is 44.1 Å². The number of hydrogen-bond acceptors (Lipinski definition) is 2. The van der Waals surface area contributed by atoms with Gasteiger partial charge in [0.25, 0.3) is 0 Å². The van der Waals surface area contributed by atoms with E-state index in [1.807, 2.05) is 4.90 Å². The van der Waals surface area contributed by atoms with Crippen molar-refractivity contribution in [3.8, 4) is 0 Å². The maximum Gasteiger partial charge on any atom is 0.222 e. The van der Waals surface area contributed by atoms with E-state index in [9.17, 15) is 4.79 Å². The lowest BCUT2D eigenvalue weighted by Gasteiger charge is -2.16. The summed E-state index contributed by atoms with van der Waals surface area (Å²) in [7, 11) is 0. The third-order valence-electron chi connectivity index (χ3n) is 3.48. The van der Waals surface area contributed by atoms with E-state index >= 15 is 0 Å². The first-order valence-corrected chi connectivity index (χ1v) is 7.06. The molecule has 1 unspecified atom stereocenters. The summed E-state index contributed by atoms with van der Waals surface area (Å²) >= 11 is 0. The maximum absolute atomic E-state index is 11.7. The van der Waals surface area contributed by atoms with Crippen molar-refractivity contribution in [2.24, 2.45) is 11.0 Å². The van der Waals surface area contributed by atoms with Crippen molar-refractivity contribution in [1.29, 1.82) is 0 Å². The summed E-state index contributed by atoms with van der Waals surface area (Å²) in [6.45, 7) is 4.31. The maximum atomic E-state index is 11.7. The van der Waals surface area contributed by atoms with E-state index in [0.29, 0.717) is 13.0 Å². The van der Waals surface area contributed by atoms with Crippen LogP contribution in [-0.2, 0) is 4.79 Å². The molecule has 1 aliphatic rings. The van der Waals surface area contributed by atoms with Gasteiger partial charge in [-0.2, -0.15) is 0 Å². The van der Waals surface area contributed by atoms with Gasteiger partial charge in [0.15, 0.2) is 0 Å². The highest BCUT2D eigenvalue weighted by Gasteiger charge is 2.28. The largest absolute Gasteiger partial charge is 0.342 e. The molecule has 1 saturated heterocycles. The van der Waals surface area contributed by atoms with Gasteiger partial charge in [-0.15, -0.1) is 0 Å². The van der Waals surface area contributed by atoms with E-state index in [1.165, 1.54) is 32.1 Å². The molecule has 1 aliphatic heterocycles. The van der Waals surface area contributed by atoms with Crippen LogP contribution >= 0.6 is 0 Å². The minimum Gasteiger partial charge on any atom is -0.342 e. The van der Waals surface area contributed by atoms with E-state index in [2.05, 4.69) is 16.9 Å². The number of amides is 1. The molecular weight excluding hydrogens is 228 g/mol. The van der Waals surface area contributed by atoms with Gasteiger partial charge in [-0.25, -0.2) is 0 Å². The smallest absolute Gasteiger partial charge is 0.222 e. The molecule has 5 heteroatoms. The van der Waals surface area contributed by atoms with E-state index in [1.54, 1.807) is 0 Å². The van der Waals surface area contributed by atoms with Crippen LogP contribution in [0.15, 0.2) is 5.11 Å². The van der Waals surface area contributed by atoms with E-state index in [4.69, 9.17) is 5.53 Å². The molecule has 0 bridgehead atoms. The summed E-state index contributed by atoms with van der Waals surface area (Å²) in [5.41, 5.74) is 8.26. The highest BCUT2D eigenvalue weighted by Crippen LogP contribution is 2.19. The van der Waals surface area contributed by atoms with Gasteiger partial charge in [0, 0.05) is 31.0 Å². The van der Waals surface area contributed by atoms with Crippen LogP contribution in [-0.4, -0.2) is 30.4 Å². The molecule has 0 N–H and O–H groups in total. The predicted octanol–water partition coefficient (Wildman–Crippen LogP) is 3.51. The van der Waals surface area contributed by atoms with Crippen molar-refractivity contribution in [3.63, 3.8) is 0 Å². The first kappa shape index (κ1) is 14.8. The summed E-state index contributed by atoms with van der Waals surface area (Å²) in [5, 5.41) is 3.55. The Labute approximate surface area is 109 Å². The number of carbonyl (C=O) groups excluding carboxylic acids is 1. The Kier molecular flexibility index (Phi) is 7.26. The fourth-order valence-electron chi connectivity index (χ4n) is 2.43. The molecule has 0 aromatic rings. The molecular formula is C13H24N4O. The molecule has 1 fully saturated rings. The quantitative estimate of drug-likeness (QED) is 0.268. The van der Waals surface area contributed by atoms with Gasteiger partial charge < -0.3 is 4.90 Å². The average Bonchev–Trinajstić information content (AvgIpc) is 2.72. The lowest BCUT2D eigenvalue weighted by molar-refractivity contribution is -0.127. The zero-order chi connectivity index (χ0) is 13.2. The number of hydrogen-bond donors (Lipinski definition) is 0. The number of unbranched alkanes of at least 4 members (excludes halogenated alkanes) is 5. The second-order valence-electron chi connectivity index (χ2n) is 5.09. The Morgan fingerprint density at radius 3 is 2.78 bits per heavy atom. The molecule has 1 atom stereocenters. The van der Waals surface area contributed by atoms with Gasteiger partial charge >= 0.3 is 0 Å². The zero-order valence-corrected chi connectivity index (χ0v) is 11.3. The van der Waals surface area contributed by atoms with Crippen LogP contribution in [0.25, 0.3) is 10.4 Å². The standard InChI is InChI=1S/C13H24N4O/c1-2-3-4-5-6-7-8-17-11-12(9-13(17)18)10-15-16-14/h12H,2-11H2,1H3. The van der Waals surface area contributed by atoms with Crippen LogP contribution in [0.2, 0.25) is 0 Å². The second kappa shape index (κ2) is 8.81. The first-order chi connectivity index (χ1) is 8.77. The predicted molar refractivity (Wildman–Crippen MR) is 72.1 cm³/mol. The highest BCUT2D eigenvalue weighted by molar-refractivity contribution is 5.78. The summed E-state index contributed by atoms with van der Waals surface area (Å²) < 4.78 is 0. The number of nitrogens with zero attached hydrogens (tertiary/aromatic N) is 4. The van der Waals surface area contributed by atoms with Crippen LogP contribution in [0, 0.1) is 5.92 Å². The molecule has 18 heavy (non-hydrogen) atoms. The SMILES string of the molecule is CCCCCCCCN1CC(CN=[N+]=[N-])CC1=O. The third-order valence-corrected chi connectivity index (χ3v) is 3.48. The van der Waals surface area contributed by atoms with Gasteiger partial charge in [0.1, 0.15) is 0 Å². The van der Waals surface area contributed by atoms with Crippen molar-refractivity contribution in [1.82, 2.24) is 4.90 Å². The van der Waals surface area contributed by atoms with Crippen LogP contribution in [0.5, 0.6) is 0 Å².